The molecular formula is C12H18O2. The predicted molar refractivity (Wildman–Crippen MR) is 54.8 cm³/mol. The van der Waals surface area contributed by atoms with Crippen molar-refractivity contribution in [2.45, 2.75) is 39.5 Å². The number of allylic oxidation sites excluding steroid dienone is 2. The van der Waals surface area contributed by atoms with Crippen molar-refractivity contribution in [1.29, 1.82) is 0 Å². The zero-order valence-corrected chi connectivity index (χ0v) is 9.01. The Kier molecular flexibility index (Phi) is 2.62. The van der Waals surface area contributed by atoms with Gasteiger partial charge in [0.25, 0.3) is 0 Å². The highest BCUT2D eigenvalue weighted by Gasteiger charge is 2.38. The van der Waals surface area contributed by atoms with E-state index in [1.807, 2.05) is 0 Å². The summed E-state index contributed by atoms with van der Waals surface area (Å²) in [6, 6.07) is 0. The van der Waals surface area contributed by atoms with Crippen LogP contribution >= 0.6 is 0 Å². The maximum Gasteiger partial charge on any atom is 0.309 e. The molecule has 2 fully saturated rings. The van der Waals surface area contributed by atoms with Gasteiger partial charge in [-0.1, -0.05) is 11.1 Å². The van der Waals surface area contributed by atoms with E-state index in [-0.39, 0.29) is 11.9 Å². The van der Waals surface area contributed by atoms with Gasteiger partial charge in [-0.2, -0.15) is 0 Å². The van der Waals surface area contributed by atoms with E-state index in [1.54, 1.807) is 0 Å². The fourth-order valence-electron chi connectivity index (χ4n) is 2.59. The molecule has 14 heavy (non-hydrogen) atoms. The minimum atomic E-state index is 0.0451. The lowest BCUT2D eigenvalue weighted by atomic mass is 9.93. The van der Waals surface area contributed by atoms with Crippen LogP contribution in [-0.2, 0) is 9.53 Å². The van der Waals surface area contributed by atoms with Gasteiger partial charge in [-0.05, 0) is 45.4 Å². The van der Waals surface area contributed by atoms with Crippen LogP contribution in [0.3, 0.4) is 0 Å². The van der Waals surface area contributed by atoms with Gasteiger partial charge in [0.15, 0.2) is 0 Å². The molecule has 2 nitrogen and oxygen atoms in total. The molecule has 1 aliphatic heterocycles. The first-order valence-electron chi connectivity index (χ1n) is 5.50. The molecule has 0 bridgehead atoms. The van der Waals surface area contributed by atoms with E-state index in [4.69, 9.17) is 4.74 Å². The van der Waals surface area contributed by atoms with E-state index in [1.165, 1.54) is 11.1 Å². The number of carbonyl (C=O) groups excluding carboxylic acids is 1. The minimum absolute atomic E-state index is 0.0451. The molecule has 1 saturated heterocycles. The molecule has 2 heteroatoms. The van der Waals surface area contributed by atoms with Crippen molar-refractivity contribution >= 4 is 5.97 Å². The zero-order valence-electron chi connectivity index (χ0n) is 9.01. The molecule has 0 aromatic carbocycles. The maximum atomic E-state index is 11.6. The molecule has 1 heterocycles. The largest absolute Gasteiger partial charge is 0.465 e. The van der Waals surface area contributed by atoms with Crippen molar-refractivity contribution < 1.29 is 9.53 Å². The summed E-state index contributed by atoms with van der Waals surface area (Å²) in [6.45, 7) is 4.92. The minimum Gasteiger partial charge on any atom is -0.465 e. The third-order valence-corrected chi connectivity index (χ3v) is 3.52. The molecule has 0 amide bonds. The molecule has 1 aliphatic carbocycles. The summed E-state index contributed by atoms with van der Waals surface area (Å²) in [5.41, 5.74) is 2.88. The summed E-state index contributed by atoms with van der Waals surface area (Å²) in [5, 5.41) is 0. The molecule has 0 unspecified atom stereocenters. The van der Waals surface area contributed by atoms with Crippen molar-refractivity contribution in [2.24, 2.45) is 11.8 Å². The van der Waals surface area contributed by atoms with Crippen LogP contribution in [0.5, 0.6) is 0 Å². The van der Waals surface area contributed by atoms with Gasteiger partial charge < -0.3 is 4.74 Å². The van der Waals surface area contributed by atoms with Crippen LogP contribution in [0.15, 0.2) is 11.1 Å². The Hall–Kier alpha value is -0.790. The quantitative estimate of drug-likeness (QED) is 0.438. The first kappa shape index (κ1) is 9.75. The fraction of sp³-hybridized carbons (Fsp3) is 0.750. The maximum absolute atomic E-state index is 11.6. The van der Waals surface area contributed by atoms with Gasteiger partial charge >= 0.3 is 5.97 Å². The summed E-state index contributed by atoms with van der Waals surface area (Å²) in [6.07, 6.45) is 4.28. The third-order valence-electron chi connectivity index (χ3n) is 3.52. The average molecular weight is 194 g/mol. The van der Waals surface area contributed by atoms with Gasteiger partial charge in [0.1, 0.15) is 0 Å². The SMILES string of the molecule is CC(C)=C1C[C@H]2CCCOC(=O)[C@@H]2C1. The van der Waals surface area contributed by atoms with Gasteiger partial charge in [-0.3, -0.25) is 4.79 Å². The van der Waals surface area contributed by atoms with Gasteiger partial charge in [-0.15, -0.1) is 0 Å². The van der Waals surface area contributed by atoms with Crippen molar-refractivity contribution in [2.75, 3.05) is 6.61 Å². The summed E-state index contributed by atoms with van der Waals surface area (Å²) < 4.78 is 5.18. The van der Waals surface area contributed by atoms with Crippen LogP contribution in [0.1, 0.15) is 39.5 Å². The zero-order chi connectivity index (χ0) is 10.1. The number of fused-ring (bicyclic) bond motifs is 1. The topological polar surface area (TPSA) is 26.3 Å². The van der Waals surface area contributed by atoms with Gasteiger partial charge in [-0.25, -0.2) is 0 Å². The van der Waals surface area contributed by atoms with E-state index < -0.39 is 0 Å². The Morgan fingerprint density at radius 1 is 1.36 bits per heavy atom. The standard InChI is InChI=1S/C12H18O2/c1-8(2)10-6-9-4-3-5-14-12(13)11(9)7-10/h9,11H,3-7H2,1-2H3/t9-,11-/m1/s1. The Labute approximate surface area is 85.3 Å². The van der Waals surface area contributed by atoms with E-state index in [2.05, 4.69) is 13.8 Å². The monoisotopic (exact) mass is 194 g/mol. The van der Waals surface area contributed by atoms with Crippen molar-refractivity contribution in [3.8, 4) is 0 Å². The Balaban J connectivity index is 2.17. The second kappa shape index (κ2) is 3.76. The second-order valence-electron chi connectivity index (χ2n) is 4.69. The third kappa shape index (κ3) is 1.70. The van der Waals surface area contributed by atoms with E-state index in [0.717, 1.165) is 25.7 Å². The number of ether oxygens (including phenoxy) is 1. The summed E-state index contributed by atoms with van der Waals surface area (Å²) in [5.74, 6) is 0.779. The fourth-order valence-corrected chi connectivity index (χ4v) is 2.59. The normalized spacial score (nSPS) is 32.1. The number of rotatable bonds is 0. The van der Waals surface area contributed by atoms with Crippen molar-refractivity contribution in [3.63, 3.8) is 0 Å². The highest BCUT2D eigenvalue weighted by Crippen LogP contribution is 2.41. The number of hydrogen-bond acceptors (Lipinski definition) is 2. The summed E-state index contributed by atoms with van der Waals surface area (Å²) in [7, 11) is 0. The molecule has 0 radical (unpaired) electrons. The number of esters is 1. The van der Waals surface area contributed by atoms with Crippen LogP contribution in [0.2, 0.25) is 0 Å². The lowest BCUT2D eigenvalue weighted by Gasteiger charge is -2.11. The first-order chi connectivity index (χ1) is 6.68. The van der Waals surface area contributed by atoms with Crippen LogP contribution < -0.4 is 0 Å². The lowest BCUT2D eigenvalue weighted by molar-refractivity contribution is -0.147. The van der Waals surface area contributed by atoms with Gasteiger partial charge in [0, 0.05) is 0 Å². The summed E-state index contributed by atoms with van der Waals surface area (Å²) in [4.78, 5) is 11.6. The lowest BCUT2D eigenvalue weighted by Crippen LogP contribution is -2.18. The van der Waals surface area contributed by atoms with Gasteiger partial charge in [0.2, 0.25) is 0 Å². The van der Waals surface area contributed by atoms with E-state index in [9.17, 15) is 4.79 Å². The van der Waals surface area contributed by atoms with Crippen LogP contribution in [-0.4, -0.2) is 12.6 Å². The number of cyclic esters (lactones) is 1. The highest BCUT2D eigenvalue weighted by molar-refractivity contribution is 5.74. The molecule has 78 valence electrons. The molecule has 2 rings (SSSR count). The van der Waals surface area contributed by atoms with Crippen LogP contribution in [0, 0.1) is 11.8 Å². The van der Waals surface area contributed by atoms with Crippen LogP contribution in [0.25, 0.3) is 0 Å². The smallest absolute Gasteiger partial charge is 0.309 e. The molecule has 0 spiro atoms. The van der Waals surface area contributed by atoms with E-state index in [0.29, 0.717) is 12.5 Å². The predicted octanol–water partition coefficient (Wildman–Crippen LogP) is 2.69. The average Bonchev–Trinajstić information content (AvgIpc) is 2.49. The Morgan fingerprint density at radius 3 is 2.86 bits per heavy atom. The molecule has 0 aromatic heterocycles. The van der Waals surface area contributed by atoms with Crippen LogP contribution in [0.4, 0.5) is 0 Å². The number of carbonyl (C=O) groups is 1. The molecule has 0 N–H and O–H groups in total. The number of hydrogen-bond donors (Lipinski definition) is 0. The van der Waals surface area contributed by atoms with Gasteiger partial charge in [0.05, 0.1) is 12.5 Å². The summed E-state index contributed by atoms with van der Waals surface area (Å²) >= 11 is 0. The molecule has 2 atom stereocenters. The Bertz CT molecular complexity index is 274. The molecule has 2 aliphatic rings. The first-order valence-corrected chi connectivity index (χ1v) is 5.50. The Morgan fingerprint density at radius 2 is 2.14 bits per heavy atom. The highest BCUT2D eigenvalue weighted by atomic mass is 16.5. The molecule has 0 aromatic rings. The second-order valence-corrected chi connectivity index (χ2v) is 4.69. The molecule has 1 saturated carbocycles. The van der Waals surface area contributed by atoms with E-state index >= 15 is 0 Å². The van der Waals surface area contributed by atoms with Crippen molar-refractivity contribution in [3.05, 3.63) is 11.1 Å². The van der Waals surface area contributed by atoms with Crippen molar-refractivity contribution in [1.82, 2.24) is 0 Å². The molecular weight excluding hydrogens is 176 g/mol.